The first kappa shape index (κ1) is 14.5. The van der Waals surface area contributed by atoms with Gasteiger partial charge in [-0.05, 0) is 37.9 Å². The molecule has 0 spiro atoms. The molecule has 1 saturated heterocycles. The van der Waals surface area contributed by atoms with Gasteiger partial charge in [0.05, 0.1) is 12.1 Å². The summed E-state index contributed by atoms with van der Waals surface area (Å²) >= 11 is 0. The van der Waals surface area contributed by atoms with E-state index in [0.717, 1.165) is 25.6 Å². The fourth-order valence-corrected chi connectivity index (χ4v) is 3.10. The molecule has 0 bridgehead atoms. The second-order valence-electron chi connectivity index (χ2n) is 5.84. The van der Waals surface area contributed by atoms with Gasteiger partial charge in [-0.1, -0.05) is 37.3 Å². The SMILES string of the molecule is CNC(CO)(CN1CCCC(C)C1)c1ccccc1. The Kier molecular flexibility index (Phi) is 4.97. The molecular weight excluding hydrogens is 236 g/mol. The Bertz CT molecular complexity index is 376. The maximum absolute atomic E-state index is 9.94. The summed E-state index contributed by atoms with van der Waals surface area (Å²) in [6, 6.07) is 10.3. The molecule has 1 aliphatic rings. The lowest BCUT2D eigenvalue weighted by molar-refractivity contribution is 0.0880. The summed E-state index contributed by atoms with van der Waals surface area (Å²) in [5.41, 5.74) is 0.816. The predicted molar refractivity (Wildman–Crippen MR) is 79.1 cm³/mol. The van der Waals surface area contributed by atoms with Crippen molar-refractivity contribution in [2.75, 3.05) is 33.3 Å². The van der Waals surface area contributed by atoms with Crippen molar-refractivity contribution in [1.29, 1.82) is 0 Å². The van der Waals surface area contributed by atoms with E-state index in [1.54, 1.807) is 0 Å². The van der Waals surface area contributed by atoms with Gasteiger partial charge in [0.15, 0.2) is 0 Å². The van der Waals surface area contributed by atoms with Crippen LogP contribution >= 0.6 is 0 Å². The van der Waals surface area contributed by atoms with Gasteiger partial charge in [-0.25, -0.2) is 0 Å². The largest absolute Gasteiger partial charge is 0.394 e. The van der Waals surface area contributed by atoms with E-state index in [-0.39, 0.29) is 12.1 Å². The van der Waals surface area contributed by atoms with E-state index < -0.39 is 0 Å². The molecule has 2 N–H and O–H groups in total. The monoisotopic (exact) mass is 262 g/mol. The molecule has 1 aromatic carbocycles. The molecule has 0 radical (unpaired) electrons. The van der Waals surface area contributed by atoms with Crippen LogP contribution in [-0.4, -0.2) is 43.3 Å². The average molecular weight is 262 g/mol. The molecule has 0 amide bonds. The van der Waals surface area contributed by atoms with Crippen LogP contribution < -0.4 is 5.32 Å². The quantitative estimate of drug-likeness (QED) is 0.850. The van der Waals surface area contributed by atoms with Gasteiger partial charge in [0.25, 0.3) is 0 Å². The number of hydrogen-bond donors (Lipinski definition) is 2. The zero-order valence-corrected chi connectivity index (χ0v) is 12.1. The highest BCUT2D eigenvalue weighted by atomic mass is 16.3. The number of aliphatic hydroxyl groups excluding tert-OH is 1. The fourth-order valence-electron chi connectivity index (χ4n) is 3.10. The highest BCUT2D eigenvalue weighted by molar-refractivity contribution is 5.25. The van der Waals surface area contributed by atoms with Crippen molar-refractivity contribution in [2.24, 2.45) is 5.92 Å². The number of hydrogen-bond acceptors (Lipinski definition) is 3. The van der Waals surface area contributed by atoms with Crippen molar-refractivity contribution in [3.8, 4) is 0 Å². The average Bonchev–Trinajstić information content (AvgIpc) is 2.46. The maximum atomic E-state index is 9.94. The van der Waals surface area contributed by atoms with Crippen molar-refractivity contribution in [3.05, 3.63) is 35.9 Å². The van der Waals surface area contributed by atoms with Crippen LogP contribution in [0.4, 0.5) is 0 Å². The first-order valence-electron chi connectivity index (χ1n) is 7.28. The number of likely N-dealkylation sites (tertiary alicyclic amines) is 1. The first-order chi connectivity index (χ1) is 9.20. The Morgan fingerprint density at radius 1 is 1.37 bits per heavy atom. The summed E-state index contributed by atoms with van der Waals surface area (Å²) in [5, 5.41) is 13.3. The summed E-state index contributed by atoms with van der Waals surface area (Å²) in [7, 11) is 1.94. The van der Waals surface area contributed by atoms with Crippen LogP contribution in [0.1, 0.15) is 25.3 Å². The number of benzene rings is 1. The summed E-state index contributed by atoms with van der Waals surface area (Å²) in [4.78, 5) is 2.48. The second kappa shape index (κ2) is 6.51. The van der Waals surface area contributed by atoms with Gasteiger partial charge in [0.2, 0.25) is 0 Å². The minimum absolute atomic E-state index is 0.123. The Morgan fingerprint density at radius 3 is 2.68 bits per heavy atom. The molecule has 1 aromatic rings. The smallest absolute Gasteiger partial charge is 0.0795 e. The van der Waals surface area contributed by atoms with E-state index in [1.165, 1.54) is 18.4 Å². The van der Waals surface area contributed by atoms with Gasteiger partial charge in [0, 0.05) is 13.1 Å². The third kappa shape index (κ3) is 3.35. The van der Waals surface area contributed by atoms with Crippen LogP contribution in [0.3, 0.4) is 0 Å². The van der Waals surface area contributed by atoms with Crippen LogP contribution in [-0.2, 0) is 5.54 Å². The molecule has 0 saturated carbocycles. The molecule has 1 aliphatic heterocycles. The van der Waals surface area contributed by atoms with Crippen LogP contribution in [0, 0.1) is 5.92 Å². The summed E-state index contributed by atoms with van der Waals surface area (Å²) in [6.45, 7) is 5.58. The Hall–Kier alpha value is -0.900. The predicted octanol–water partition coefficient (Wildman–Crippen LogP) is 1.83. The number of nitrogens with one attached hydrogen (secondary N) is 1. The molecule has 1 heterocycles. The van der Waals surface area contributed by atoms with Crippen LogP contribution in [0.2, 0.25) is 0 Å². The normalized spacial score (nSPS) is 24.1. The topological polar surface area (TPSA) is 35.5 Å². The lowest BCUT2D eigenvalue weighted by atomic mass is 9.88. The zero-order valence-electron chi connectivity index (χ0n) is 12.1. The van der Waals surface area contributed by atoms with Crippen molar-refractivity contribution in [1.82, 2.24) is 10.2 Å². The van der Waals surface area contributed by atoms with Gasteiger partial charge in [-0.2, -0.15) is 0 Å². The van der Waals surface area contributed by atoms with Gasteiger partial charge in [-0.15, -0.1) is 0 Å². The molecule has 0 aromatic heterocycles. The Morgan fingerprint density at radius 2 is 2.11 bits per heavy atom. The van der Waals surface area contributed by atoms with E-state index in [1.807, 2.05) is 25.2 Å². The summed E-state index contributed by atoms with van der Waals surface area (Å²) in [5.74, 6) is 0.762. The van der Waals surface area contributed by atoms with Crippen molar-refractivity contribution >= 4 is 0 Å². The molecule has 3 heteroatoms. The highest BCUT2D eigenvalue weighted by Crippen LogP contribution is 2.24. The minimum atomic E-state index is -0.349. The van der Waals surface area contributed by atoms with Crippen molar-refractivity contribution in [2.45, 2.75) is 25.3 Å². The molecule has 106 valence electrons. The molecule has 2 rings (SSSR count). The number of nitrogens with zero attached hydrogens (tertiary/aromatic N) is 1. The van der Waals surface area contributed by atoms with E-state index in [9.17, 15) is 5.11 Å². The summed E-state index contributed by atoms with van der Waals surface area (Å²) in [6.07, 6.45) is 2.59. The van der Waals surface area contributed by atoms with Crippen LogP contribution in [0.5, 0.6) is 0 Å². The minimum Gasteiger partial charge on any atom is -0.394 e. The highest BCUT2D eigenvalue weighted by Gasteiger charge is 2.33. The first-order valence-corrected chi connectivity index (χ1v) is 7.28. The number of piperidine rings is 1. The second-order valence-corrected chi connectivity index (χ2v) is 5.84. The molecule has 19 heavy (non-hydrogen) atoms. The van der Waals surface area contributed by atoms with E-state index in [4.69, 9.17) is 0 Å². The summed E-state index contributed by atoms with van der Waals surface area (Å²) < 4.78 is 0. The van der Waals surface area contributed by atoms with E-state index in [2.05, 4.69) is 29.3 Å². The van der Waals surface area contributed by atoms with Gasteiger partial charge in [-0.3, -0.25) is 0 Å². The molecule has 2 unspecified atom stereocenters. The van der Waals surface area contributed by atoms with Crippen LogP contribution in [0.25, 0.3) is 0 Å². The molecular formula is C16H26N2O. The van der Waals surface area contributed by atoms with Crippen molar-refractivity contribution < 1.29 is 5.11 Å². The Labute approximate surface area is 116 Å². The maximum Gasteiger partial charge on any atom is 0.0795 e. The number of likely N-dealkylation sites (N-methyl/N-ethyl adjacent to an activating group) is 1. The third-order valence-electron chi connectivity index (χ3n) is 4.31. The van der Waals surface area contributed by atoms with Gasteiger partial charge >= 0.3 is 0 Å². The molecule has 2 atom stereocenters. The van der Waals surface area contributed by atoms with Crippen molar-refractivity contribution in [3.63, 3.8) is 0 Å². The molecule has 3 nitrogen and oxygen atoms in total. The number of aliphatic hydroxyl groups is 1. The molecule has 1 fully saturated rings. The zero-order chi connectivity index (χ0) is 13.7. The third-order valence-corrected chi connectivity index (χ3v) is 4.31. The standard InChI is InChI=1S/C16H26N2O/c1-14-7-6-10-18(11-14)12-16(13-19,17-2)15-8-4-3-5-9-15/h3-5,8-9,14,17,19H,6-7,10-13H2,1-2H3. The molecule has 0 aliphatic carbocycles. The number of rotatable bonds is 5. The van der Waals surface area contributed by atoms with E-state index in [0.29, 0.717) is 0 Å². The fraction of sp³-hybridized carbons (Fsp3) is 0.625. The van der Waals surface area contributed by atoms with Gasteiger partial charge in [0.1, 0.15) is 0 Å². The van der Waals surface area contributed by atoms with Crippen LogP contribution in [0.15, 0.2) is 30.3 Å². The van der Waals surface area contributed by atoms with Gasteiger partial charge < -0.3 is 15.3 Å². The van der Waals surface area contributed by atoms with E-state index >= 15 is 0 Å². The lowest BCUT2D eigenvalue weighted by Gasteiger charge is -2.40. The Balaban J connectivity index is 2.15. The lowest BCUT2D eigenvalue weighted by Crippen LogP contribution is -2.53.